The fourth-order valence-corrected chi connectivity index (χ4v) is 4.34. The number of carbonyl (C=O) groups excluding carboxylic acids is 2. The fraction of sp³-hybridized carbons (Fsp3) is 0.429. The van der Waals surface area contributed by atoms with Crippen LogP contribution in [-0.2, 0) is 19.4 Å². The Balaban J connectivity index is 2.26. The number of nitrogens with one attached hydrogen (secondary N) is 1. The number of alkyl halides is 1. The third-order valence-corrected chi connectivity index (χ3v) is 5.40. The van der Waals surface area contributed by atoms with Crippen LogP contribution < -0.4 is 10.2 Å². The first-order valence-corrected chi connectivity index (χ1v) is 9.14. The van der Waals surface area contributed by atoms with Gasteiger partial charge in [-0.3, -0.25) is 9.59 Å². The van der Waals surface area contributed by atoms with E-state index in [1.54, 1.807) is 24.3 Å². The van der Waals surface area contributed by atoms with Crippen molar-refractivity contribution in [3.05, 3.63) is 24.3 Å². The summed E-state index contributed by atoms with van der Waals surface area (Å²) >= 11 is 5.65. The second kappa shape index (κ2) is 6.66. The van der Waals surface area contributed by atoms with Crippen LogP contribution in [0.15, 0.2) is 24.3 Å². The van der Waals surface area contributed by atoms with Crippen molar-refractivity contribution < 1.29 is 18.0 Å². The zero-order valence-corrected chi connectivity index (χ0v) is 13.7. The Morgan fingerprint density at radius 2 is 1.95 bits per heavy atom. The molecule has 2 amide bonds. The Kier molecular flexibility index (Phi) is 5.08. The van der Waals surface area contributed by atoms with E-state index in [9.17, 15) is 18.0 Å². The van der Waals surface area contributed by atoms with Crippen LogP contribution in [0.2, 0.25) is 0 Å². The Morgan fingerprint density at radius 1 is 1.32 bits per heavy atom. The molecule has 8 heteroatoms. The number of nitrogens with zero attached hydrogens (tertiary/aromatic N) is 1. The van der Waals surface area contributed by atoms with Crippen molar-refractivity contribution >= 4 is 44.6 Å². The molecule has 0 unspecified atom stereocenters. The van der Waals surface area contributed by atoms with Gasteiger partial charge >= 0.3 is 0 Å². The van der Waals surface area contributed by atoms with Crippen LogP contribution >= 0.6 is 11.6 Å². The standard InChI is InChI=1S/C14H17ClN2O4S/c1-10(18)16-11-2-4-12(5-3-11)17(14(19)8-15)13-6-7-22(20,21)9-13/h2-5,13H,6-9H2,1H3,(H,16,18)/t13-/m1/s1. The number of halogens is 1. The highest BCUT2D eigenvalue weighted by Gasteiger charge is 2.35. The Morgan fingerprint density at radius 3 is 2.41 bits per heavy atom. The normalized spacial score (nSPS) is 19.6. The summed E-state index contributed by atoms with van der Waals surface area (Å²) in [4.78, 5) is 24.5. The maximum absolute atomic E-state index is 12.1. The summed E-state index contributed by atoms with van der Waals surface area (Å²) in [5.74, 6) is -0.722. The molecule has 6 nitrogen and oxygen atoms in total. The molecule has 0 radical (unpaired) electrons. The molecular formula is C14H17ClN2O4S. The van der Waals surface area contributed by atoms with Gasteiger partial charge in [0.2, 0.25) is 11.8 Å². The van der Waals surface area contributed by atoms with Crippen molar-refractivity contribution in [1.29, 1.82) is 0 Å². The average Bonchev–Trinajstić information content (AvgIpc) is 2.80. The van der Waals surface area contributed by atoms with Gasteiger partial charge in [-0.15, -0.1) is 11.6 Å². The number of anilines is 2. The van der Waals surface area contributed by atoms with Crippen molar-refractivity contribution in [2.75, 3.05) is 27.6 Å². The van der Waals surface area contributed by atoms with E-state index in [2.05, 4.69) is 5.32 Å². The maximum Gasteiger partial charge on any atom is 0.242 e. The van der Waals surface area contributed by atoms with Gasteiger partial charge in [-0.1, -0.05) is 0 Å². The summed E-state index contributed by atoms with van der Waals surface area (Å²) in [6.07, 6.45) is 0.401. The predicted octanol–water partition coefficient (Wildman–Crippen LogP) is 1.40. The second-order valence-electron chi connectivity index (χ2n) is 5.18. The highest BCUT2D eigenvalue weighted by atomic mass is 35.5. The van der Waals surface area contributed by atoms with Crippen LogP contribution in [0.1, 0.15) is 13.3 Å². The summed E-state index contributed by atoms with van der Waals surface area (Å²) in [6.45, 7) is 1.40. The van der Waals surface area contributed by atoms with Gasteiger partial charge in [0.25, 0.3) is 0 Å². The van der Waals surface area contributed by atoms with Crippen molar-refractivity contribution in [3.63, 3.8) is 0 Å². The molecule has 1 saturated heterocycles. The van der Waals surface area contributed by atoms with Crippen LogP contribution in [0.5, 0.6) is 0 Å². The lowest BCUT2D eigenvalue weighted by Crippen LogP contribution is -2.42. The van der Waals surface area contributed by atoms with Gasteiger partial charge in [0.1, 0.15) is 5.88 Å². The molecule has 22 heavy (non-hydrogen) atoms. The number of sulfone groups is 1. The molecule has 1 N–H and O–H groups in total. The van der Waals surface area contributed by atoms with Crippen molar-refractivity contribution in [3.8, 4) is 0 Å². The minimum Gasteiger partial charge on any atom is -0.326 e. The number of hydrogen-bond donors (Lipinski definition) is 1. The number of hydrogen-bond acceptors (Lipinski definition) is 4. The minimum atomic E-state index is -3.11. The van der Waals surface area contributed by atoms with Crippen LogP contribution in [0.4, 0.5) is 11.4 Å². The smallest absolute Gasteiger partial charge is 0.242 e. The van der Waals surface area contributed by atoms with Gasteiger partial charge in [0.15, 0.2) is 9.84 Å². The topological polar surface area (TPSA) is 83.6 Å². The zero-order valence-electron chi connectivity index (χ0n) is 12.1. The summed E-state index contributed by atoms with van der Waals surface area (Å²) < 4.78 is 23.3. The van der Waals surface area contributed by atoms with Crippen LogP contribution in [0.3, 0.4) is 0 Å². The SMILES string of the molecule is CC(=O)Nc1ccc(N(C(=O)CCl)[C@@H]2CCS(=O)(=O)C2)cc1. The van der Waals surface area contributed by atoms with Gasteiger partial charge in [-0.05, 0) is 30.7 Å². The molecule has 1 aromatic rings. The average molecular weight is 345 g/mol. The number of carbonyl (C=O) groups is 2. The van der Waals surface area contributed by atoms with Crippen LogP contribution in [0, 0.1) is 0 Å². The monoisotopic (exact) mass is 344 g/mol. The minimum absolute atomic E-state index is 0.0525. The molecule has 1 fully saturated rings. The van der Waals surface area contributed by atoms with E-state index in [4.69, 9.17) is 11.6 Å². The van der Waals surface area contributed by atoms with E-state index in [1.807, 2.05) is 0 Å². The molecule has 120 valence electrons. The van der Waals surface area contributed by atoms with Crippen molar-refractivity contribution in [2.24, 2.45) is 0 Å². The van der Waals surface area contributed by atoms with Gasteiger partial charge in [0.05, 0.1) is 17.5 Å². The third kappa shape index (κ3) is 3.98. The summed E-state index contributed by atoms with van der Waals surface area (Å²) in [5, 5.41) is 2.63. The molecule has 1 atom stereocenters. The summed E-state index contributed by atoms with van der Waals surface area (Å²) in [5.41, 5.74) is 1.18. The number of rotatable bonds is 4. The first-order chi connectivity index (χ1) is 10.3. The van der Waals surface area contributed by atoms with Crippen molar-refractivity contribution in [2.45, 2.75) is 19.4 Å². The quantitative estimate of drug-likeness (QED) is 0.837. The van der Waals surface area contributed by atoms with E-state index in [-0.39, 0.29) is 29.2 Å². The summed E-state index contributed by atoms with van der Waals surface area (Å²) in [6, 6.07) is 6.26. The molecule has 1 heterocycles. The molecule has 0 spiro atoms. The highest BCUT2D eigenvalue weighted by Crippen LogP contribution is 2.26. The predicted molar refractivity (Wildman–Crippen MR) is 86.0 cm³/mol. The van der Waals surface area contributed by atoms with E-state index >= 15 is 0 Å². The third-order valence-electron chi connectivity index (χ3n) is 3.42. The largest absolute Gasteiger partial charge is 0.326 e. The molecule has 1 aromatic carbocycles. The molecule has 1 aliphatic rings. The van der Waals surface area contributed by atoms with E-state index in [1.165, 1.54) is 11.8 Å². The molecule has 2 rings (SSSR count). The summed E-state index contributed by atoms with van der Waals surface area (Å²) in [7, 11) is -3.11. The number of amides is 2. The first-order valence-electron chi connectivity index (χ1n) is 6.78. The Labute approximate surface area is 134 Å². The molecule has 0 bridgehead atoms. The van der Waals surface area contributed by atoms with Gasteiger partial charge in [-0.25, -0.2) is 8.42 Å². The highest BCUT2D eigenvalue weighted by molar-refractivity contribution is 7.91. The van der Waals surface area contributed by atoms with Gasteiger partial charge in [0, 0.05) is 18.3 Å². The van der Waals surface area contributed by atoms with Crippen LogP contribution in [0.25, 0.3) is 0 Å². The van der Waals surface area contributed by atoms with E-state index in [0.29, 0.717) is 17.8 Å². The molecule has 0 aromatic heterocycles. The lowest BCUT2D eigenvalue weighted by Gasteiger charge is -2.28. The first kappa shape index (κ1) is 16.8. The Bertz CT molecular complexity index is 673. The van der Waals surface area contributed by atoms with Crippen LogP contribution in [-0.4, -0.2) is 43.7 Å². The Hall–Kier alpha value is -1.60. The van der Waals surface area contributed by atoms with E-state index < -0.39 is 15.9 Å². The number of benzene rings is 1. The fourth-order valence-electron chi connectivity index (χ4n) is 2.51. The second-order valence-corrected chi connectivity index (χ2v) is 7.68. The maximum atomic E-state index is 12.1. The van der Waals surface area contributed by atoms with E-state index in [0.717, 1.165) is 0 Å². The molecular weight excluding hydrogens is 328 g/mol. The molecule has 0 saturated carbocycles. The lowest BCUT2D eigenvalue weighted by atomic mass is 10.1. The van der Waals surface area contributed by atoms with Crippen molar-refractivity contribution in [1.82, 2.24) is 0 Å². The van der Waals surface area contributed by atoms with Gasteiger partial charge in [-0.2, -0.15) is 0 Å². The zero-order chi connectivity index (χ0) is 16.3. The van der Waals surface area contributed by atoms with Gasteiger partial charge < -0.3 is 10.2 Å². The molecule has 0 aliphatic carbocycles. The molecule has 1 aliphatic heterocycles. The lowest BCUT2D eigenvalue weighted by molar-refractivity contribution is -0.116.